The van der Waals surface area contributed by atoms with Gasteiger partial charge in [-0.15, -0.1) is 6.58 Å². The monoisotopic (exact) mass is 525 g/mol. The summed E-state index contributed by atoms with van der Waals surface area (Å²) in [5, 5.41) is 35.1. The van der Waals surface area contributed by atoms with Gasteiger partial charge in [-0.05, 0) is 17.5 Å². The first-order valence-corrected chi connectivity index (χ1v) is 12.5. The quantitative estimate of drug-likeness (QED) is 0.199. The van der Waals surface area contributed by atoms with Gasteiger partial charge in [0.1, 0.15) is 12.2 Å². The van der Waals surface area contributed by atoms with E-state index in [4.69, 9.17) is 9.47 Å². The van der Waals surface area contributed by atoms with Crippen LogP contribution in [0.2, 0.25) is 0 Å². The number of amides is 1. The van der Waals surface area contributed by atoms with Crippen molar-refractivity contribution in [2.24, 2.45) is 0 Å². The fraction of sp³-hybridized carbons (Fsp3) is 0.414. The molecule has 0 aliphatic carbocycles. The predicted octanol–water partition coefficient (Wildman–Crippen LogP) is 2.18. The van der Waals surface area contributed by atoms with Crippen molar-refractivity contribution in [3.63, 3.8) is 0 Å². The largest absolute Gasteiger partial charge is 0.467 e. The molecule has 1 aliphatic heterocycles. The zero-order valence-corrected chi connectivity index (χ0v) is 21.6. The van der Waals surface area contributed by atoms with Gasteiger partial charge < -0.3 is 30.1 Å². The van der Waals surface area contributed by atoms with Crippen LogP contribution in [0.15, 0.2) is 67.3 Å². The Morgan fingerprint density at radius 2 is 1.76 bits per heavy atom. The Kier molecular flexibility index (Phi) is 9.93. The minimum Gasteiger partial charge on any atom is -0.467 e. The van der Waals surface area contributed by atoms with Crippen molar-refractivity contribution in [1.29, 1.82) is 0 Å². The van der Waals surface area contributed by atoms with Gasteiger partial charge in [0.2, 0.25) is 5.91 Å². The topological polar surface area (TPSA) is 142 Å². The minimum atomic E-state index is -1.66. The molecular formula is C29H35NO8. The van der Waals surface area contributed by atoms with E-state index >= 15 is 0 Å². The number of aliphatic hydroxyl groups is 3. The third-order valence-electron chi connectivity index (χ3n) is 6.78. The fourth-order valence-corrected chi connectivity index (χ4v) is 4.82. The molecule has 9 nitrogen and oxygen atoms in total. The lowest BCUT2D eigenvalue weighted by molar-refractivity contribution is -0.229. The van der Waals surface area contributed by atoms with Gasteiger partial charge >= 0.3 is 5.97 Å². The van der Waals surface area contributed by atoms with E-state index < -0.39 is 47.9 Å². The number of aliphatic hydroxyl groups excluding tert-OH is 3. The number of hydrogen-bond donors (Lipinski definition) is 4. The number of methoxy groups -OCH3 is 1. The second kappa shape index (κ2) is 12.9. The van der Waals surface area contributed by atoms with Crippen LogP contribution in [0.1, 0.15) is 43.0 Å². The zero-order chi connectivity index (χ0) is 27.9. The van der Waals surface area contributed by atoms with Crippen LogP contribution in [-0.4, -0.2) is 76.1 Å². The van der Waals surface area contributed by atoms with Gasteiger partial charge in [0.25, 0.3) is 0 Å². The molecule has 0 spiro atoms. The molecule has 1 amide bonds. The number of Topliss-reactive ketones (excluding diaryl/α,β-unsaturated/α-hetero) is 1. The van der Waals surface area contributed by atoms with E-state index in [2.05, 4.69) is 11.9 Å². The summed E-state index contributed by atoms with van der Waals surface area (Å²) in [5.41, 5.74) is 0.783. The van der Waals surface area contributed by atoms with Crippen LogP contribution >= 0.6 is 0 Å². The molecule has 0 radical (unpaired) electrons. The first kappa shape index (κ1) is 29.2. The van der Waals surface area contributed by atoms with Crippen LogP contribution < -0.4 is 5.32 Å². The Bertz CT molecular complexity index is 1120. The fourth-order valence-electron chi connectivity index (χ4n) is 4.82. The minimum absolute atomic E-state index is 0.0275. The van der Waals surface area contributed by atoms with Crippen molar-refractivity contribution < 1.29 is 39.2 Å². The van der Waals surface area contributed by atoms with Crippen LogP contribution in [0.4, 0.5) is 0 Å². The standard InChI is InChI=1S/C29H35NO8/c1-4-16-29(28(36)37-3)17-24(34)25(30-18(2)31)27(38-29)26(35)23(33)15-14-22(32)21-12-10-20(11-13-21)19-8-6-5-7-9-19/h4-13,23-27,33-35H,1,14-17H2,2-3H3,(H,30,31)/t23-,24-,25-,26-,27?,29-/m1/s1. The van der Waals surface area contributed by atoms with Gasteiger partial charge in [-0.25, -0.2) is 4.79 Å². The van der Waals surface area contributed by atoms with Crippen LogP contribution in [0.3, 0.4) is 0 Å². The first-order valence-electron chi connectivity index (χ1n) is 12.5. The maximum atomic E-state index is 12.8. The highest BCUT2D eigenvalue weighted by Crippen LogP contribution is 2.36. The molecule has 1 saturated heterocycles. The third kappa shape index (κ3) is 6.73. The highest BCUT2D eigenvalue weighted by molar-refractivity contribution is 5.96. The van der Waals surface area contributed by atoms with E-state index in [-0.39, 0.29) is 31.5 Å². The number of rotatable bonds is 11. The normalized spacial score (nSPS) is 24.6. The third-order valence-corrected chi connectivity index (χ3v) is 6.78. The molecule has 0 bridgehead atoms. The summed E-state index contributed by atoms with van der Waals surface area (Å²) in [6, 6.07) is 15.7. The van der Waals surface area contributed by atoms with Crippen molar-refractivity contribution in [2.45, 2.75) is 68.7 Å². The molecule has 1 unspecified atom stereocenters. The van der Waals surface area contributed by atoms with Gasteiger partial charge in [0, 0.05) is 31.7 Å². The highest BCUT2D eigenvalue weighted by Gasteiger charge is 2.54. The lowest BCUT2D eigenvalue weighted by Crippen LogP contribution is -2.67. The molecular weight excluding hydrogens is 490 g/mol. The number of esters is 1. The molecule has 1 heterocycles. The summed E-state index contributed by atoms with van der Waals surface area (Å²) in [6.45, 7) is 4.86. The van der Waals surface area contributed by atoms with Crippen LogP contribution in [-0.2, 0) is 19.1 Å². The molecule has 1 fully saturated rings. The number of ketones is 1. The molecule has 204 valence electrons. The van der Waals surface area contributed by atoms with E-state index in [1.807, 2.05) is 42.5 Å². The van der Waals surface area contributed by atoms with Crippen molar-refractivity contribution in [1.82, 2.24) is 5.32 Å². The number of hydrogen-bond acceptors (Lipinski definition) is 8. The Morgan fingerprint density at radius 1 is 1.13 bits per heavy atom. The Morgan fingerprint density at radius 3 is 2.34 bits per heavy atom. The highest BCUT2D eigenvalue weighted by atomic mass is 16.6. The molecule has 2 aromatic carbocycles. The predicted molar refractivity (Wildman–Crippen MR) is 140 cm³/mol. The van der Waals surface area contributed by atoms with Gasteiger partial charge in [0.05, 0.1) is 25.4 Å². The summed E-state index contributed by atoms with van der Waals surface area (Å²) >= 11 is 0. The van der Waals surface area contributed by atoms with Gasteiger partial charge in [0.15, 0.2) is 11.4 Å². The van der Waals surface area contributed by atoms with E-state index in [1.165, 1.54) is 20.1 Å². The second-order valence-electron chi connectivity index (χ2n) is 9.52. The molecule has 4 N–H and O–H groups in total. The summed E-state index contributed by atoms with van der Waals surface area (Å²) < 4.78 is 10.8. The number of benzene rings is 2. The number of nitrogens with one attached hydrogen (secondary N) is 1. The second-order valence-corrected chi connectivity index (χ2v) is 9.52. The van der Waals surface area contributed by atoms with Gasteiger partial charge in [-0.1, -0.05) is 60.7 Å². The Balaban J connectivity index is 1.72. The molecule has 9 heteroatoms. The van der Waals surface area contributed by atoms with Crippen molar-refractivity contribution in [2.75, 3.05) is 7.11 Å². The van der Waals surface area contributed by atoms with Crippen molar-refractivity contribution in [3.8, 4) is 11.1 Å². The summed E-state index contributed by atoms with van der Waals surface area (Å²) in [4.78, 5) is 37.2. The summed E-state index contributed by atoms with van der Waals surface area (Å²) in [6.07, 6.45) is -4.75. The van der Waals surface area contributed by atoms with Crippen LogP contribution in [0.5, 0.6) is 0 Å². The van der Waals surface area contributed by atoms with Gasteiger partial charge in [-0.3, -0.25) is 9.59 Å². The van der Waals surface area contributed by atoms with E-state index in [0.29, 0.717) is 5.56 Å². The average Bonchev–Trinajstić information content (AvgIpc) is 2.92. The lowest BCUT2D eigenvalue weighted by Gasteiger charge is -2.47. The molecule has 38 heavy (non-hydrogen) atoms. The van der Waals surface area contributed by atoms with E-state index in [9.17, 15) is 29.7 Å². The van der Waals surface area contributed by atoms with Crippen molar-refractivity contribution in [3.05, 3.63) is 72.8 Å². The van der Waals surface area contributed by atoms with Gasteiger partial charge in [-0.2, -0.15) is 0 Å². The molecule has 0 saturated carbocycles. The molecule has 3 rings (SSSR count). The smallest absolute Gasteiger partial charge is 0.338 e. The van der Waals surface area contributed by atoms with E-state index in [0.717, 1.165) is 11.1 Å². The average molecular weight is 526 g/mol. The first-order chi connectivity index (χ1) is 18.1. The molecule has 6 atom stereocenters. The SMILES string of the molecule is C=CC[C@]1(C(=O)OC)C[C@@H](O)[C@@H](NC(C)=O)C([C@H](O)[C@H](O)CCC(=O)c2ccc(-c3ccccc3)cc2)O1. The number of ether oxygens (including phenoxy) is 2. The maximum absolute atomic E-state index is 12.8. The zero-order valence-electron chi connectivity index (χ0n) is 21.6. The lowest BCUT2D eigenvalue weighted by atomic mass is 9.81. The molecule has 1 aliphatic rings. The Hall–Kier alpha value is -3.37. The molecule has 2 aromatic rings. The van der Waals surface area contributed by atoms with Crippen molar-refractivity contribution >= 4 is 17.7 Å². The maximum Gasteiger partial charge on any atom is 0.338 e. The summed E-state index contributed by atoms with van der Waals surface area (Å²) in [7, 11) is 1.17. The number of carbonyl (C=O) groups is 3. The van der Waals surface area contributed by atoms with Crippen LogP contribution in [0.25, 0.3) is 11.1 Å². The molecule has 0 aromatic heterocycles. The van der Waals surface area contributed by atoms with Crippen LogP contribution in [0, 0.1) is 0 Å². The summed E-state index contributed by atoms with van der Waals surface area (Å²) in [5.74, 6) is -1.50. The van der Waals surface area contributed by atoms with E-state index in [1.54, 1.807) is 12.1 Å². The Labute approximate surface area is 222 Å². The number of carbonyl (C=O) groups excluding carboxylic acids is 3.